The predicted molar refractivity (Wildman–Crippen MR) is 114 cm³/mol. The quantitative estimate of drug-likeness (QED) is 0.302. The molecule has 162 valence electrons. The van der Waals surface area contributed by atoms with Crippen molar-refractivity contribution in [2.45, 2.75) is 6.42 Å². The summed E-state index contributed by atoms with van der Waals surface area (Å²) in [6.45, 7) is -0.407. The lowest BCUT2D eigenvalue weighted by Gasteiger charge is -2.17. The van der Waals surface area contributed by atoms with Gasteiger partial charge in [-0.1, -0.05) is 24.3 Å². The van der Waals surface area contributed by atoms with E-state index in [2.05, 4.69) is 0 Å². The van der Waals surface area contributed by atoms with Gasteiger partial charge in [0.05, 0.1) is 30.2 Å². The summed E-state index contributed by atoms with van der Waals surface area (Å²) in [6, 6.07) is 12.7. The van der Waals surface area contributed by atoms with Crippen molar-refractivity contribution in [3.8, 4) is 5.75 Å². The molecule has 2 amide bonds. The lowest BCUT2D eigenvalue weighted by atomic mass is 9.85. The molecule has 0 unspecified atom stereocenters. The molecule has 32 heavy (non-hydrogen) atoms. The van der Waals surface area contributed by atoms with Crippen molar-refractivity contribution in [1.82, 2.24) is 0 Å². The molecule has 7 heteroatoms. The van der Waals surface area contributed by atoms with Gasteiger partial charge in [0.1, 0.15) is 5.75 Å². The Morgan fingerprint density at radius 2 is 1.59 bits per heavy atom. The molecule has 0 spiro atoms. The number of esters is 1. The van der Waals surface area contributed by atoms with Gasteiger partial charge in [0.25, 0.3) is 0 Å². The molecule has 2 aromatic rings. The number of amides is 2. The summed E-state index contributed by atoms with van der Waals surface area (Å²) in [4.78, 5) is 51.7. The zero-order valence-electron chi connectivity index (χ0n) is 17.4. The van der Waals surface area contributed by atoms with Crippen LogP contribution in [0.5, 0.6) is 5.75 Å². The molecular weight excluding hydrogens is 410 g/mol. The summed E-state index contributed by atoms with van der Waals surface area (Å²) in [5, 5.41) is 0. The Morgan fingerprint density at radius 3 is 2.22 bits per heavy atom. The molecule has 2 aromatic carbocycles. The first-order valence-electron chi connectivity index (χ1n) is 10.5. The van der Waals surface area contributed by atoms with Crippen LogP contribution in [-0.2, 0) is 14.3 Å². The number of hydrogen-bond donors (Lipinski definition) is 0. The van der Waals surface area contributed by atoms with Gasteiger partial charge in [-0.25, -0.2) is 4.79 Å². The van der Waals surface area contributed by atoms with E-state index in [1.165, 1.54) is 24.1 Å². The van der Waals surface area contributed by atoms with Crippen LogP contribution < -0.4 is 9.64 Å². The minimum atomic E-state index is -0.661. The van der Waals surface area contributed by atoms with E-state index >= 15 is 0 Å². The first-order valence-corrected chi connectivity index (χ1v) is 10.5. The van der Waals surface area contributed by atoms with E-state index in [-0.39, 0.29) is 46.8 Å². The van der Waals surface area contributed by atoms with Gasteiger partial charge in [0, 0.05) is 5.56 Å². The van der Waals surface area contributed by atoms with Crippen molar-refractivity contribution in [1.29, 1.82) is 0 Å². The molecule has 0 radical (unpaired) electrons. The summed E-state index contributed by atoms with van der Waals surface area (Å²) in [7, 11) is 1.50. The second-order valence-corrected chi connectivity index (χ2v) is 8.29. The summed E-state index contributed by atoms with van der Waals surface area (Å²) in [5.41, 5.74) is 1.05. The van der Waals surface area contributed by atoms with Crippen LogP contribution in [0.15, 0.2) is 60.7 Å². The fourth-order valence-electron chi connectivity index (χ4n) is 5.00. The van der Waals surface area contributed by atoms with E-state index in [1.54, 1.807) is 36.4 Å². The fraction of sp³-hybridized carbons (Fsp3) is 0.280. The van der Waals surface area contributed by atoms with E-state index in [0.717, 1.165) is 6.42 Å². The van der Waals surface area contributed by atoms with E-state index in [0.29, 0.717) is 17.0 Å². The SMILES string of the molecule is COc1cccc(C(=O)COC(=O)c2ccc(N3C(=O)[C@@H]4[C@@H](C3=O)[C@H]3C=C[C@H]4C3)cc2)c1. The van der Waals surface area contributed by atoms with Crippen molar-refractivity contribution in [3.63, 3.8) is 0 Å². The third-order valence-corrected chi connectivity index (χ3v) is 6.56. The Morgan fingerprint density at radius 1 is 0.938 bits per heavy atom. The number of Topliss-reactive ketones (excluding diaryl/α,β-unsaturated/α-hetero) is 1. The number of fused-ring (bicyclic) bond motifs is 5. The van der Waals surface area contributed by atoms with Crippen LogP contribution in [0.3, 0.4) is 0 Å². The Hall–Kier alpha value is -3.74. The average Bonchev–Trinajstić information content (AvgIpc) is 3.51. The number of allylic oxidation sites excluding steroid dienone is 2. The Kier molecular flexibility index (Phi) is 4.89. The second kappa shape index (κ2) is 7.75. The smallest absolute Gasteiger partial charge is 0.338 e. The van der Waals surface area contributed by atoms with Crippen LogP contribution in [-0.4, -0.2) is 37.3 Å². The first kappa shape index (κ1) is 20.2. The maximum Gasteiger partial charge on any atom is 0.338 e. The highest BCUT2D eigenvalue weighted by Crippen LogP contribution is 2.53. The van der Waals surface area contributed by atoms with Crippen LogP contribution in [0.2, 0.25) is 0 Å². The molecule has 3 aliphatic rings. The number of ether oxygens (including phenoxy) is 2. The summed E-state index contributed by atoms with van der Waals surface area (Å²) < 4.78 is 10.2. The zero-order valence-corrected chi connectivity index (χ0v) is 17.4. The first-order chi connectivity index (χ1) is 15.5. The normalized spacial score (nSPS) is 25.2. The highest BCUT2D eigenvalue weighted by Gasteiger charge is 2.59. The summed E-state index contributed by atoms with van der Waals surface area (Å²) >= 11 is 0. The van der Waals surface area contributed by atoms with Gasteiger partial charge in [-0.15, -0.1) is 0 Å². The van der Waals surface area contributed by atoms with Crippen molar-refractivity contribution in [2.24, 2.45) is 23.7 Å². The minimum absolute atomic E-state index is 0.142. The monoisotopic (exact) mass is 431 g/mol. The number of carbonyl (C=O) groups excluding carboxylic acids is 4. The topological polar surface area (TPSA) is 90.0 Å². The second-order valence-electron chi connectivity index (χ2n) is 8.29. The van der Waals surface area contributed by atoms with Gasteiger partial charge in [0.15, 0.2) is 12.4 Å². The molecule has 2 bridgehead atoms. The standard InChI is InChI=1S/C25H21NO6/c1-31-19-4-2-3-15(12-19)20(27)13-32-25(30)14-7-9-18(10-8-14)26-23(28)21-16-5-6-17(11-16)22(21)24(26)29/h2-10,12,16-17,21-22H,11,13H2,1H3/t16-,17-,21-,22-/m0/s1. The number of carbonyl (C=O) groups is 4. The minimum Gasteiger partial charge on any atom is -0.497 e. The number of methoxy groups -OCH3 is 1. The van der Waals surface area contributed by atoms with Crippen LogP contribution in [0.4, 0.5) is 5.69 Å². The van der Waals surface area contributed by atoms with Crippen LogP contribution in [0.1, 0.15) is 27.1 Å². The molecule has 1 aliphatic heterocycles. The molecule has 2 fully saturated rings. The van der Waals surface area contributed by atoms with E-state index in [4.69, 9.17) is 9.47 Å². The van der Waals surface area contributed by atoms with Gasteiger partial charge in [-0.3, -0.25) is 19.3 Å². The Bertz CT molecular complexity index is 1120. The number of hydrogen-bond acceptors (Lipinski definition) is 6. The molecule has 0 aromatic heterocycles. The zero-order chi connectivity index (χ0) is 22.4. The number of imide groups is 1. The van der Waals surface area contributed by atoms with Gasteiger partial charge in [0.2, 0.25) is 11.8 Å². The number of anilines is 1. The number of ketones is 1. The van der Waals surface area contributed by atoms with Crippen LogP contribution in [0, 0.1) is 23.7 Å². The number of nitrogens with zero attached hydrogens (tertiary/aromatic N) is 1. The van der Waals surface area contributed by atoms with E-state index in [9.17, 15) is 19.2 Å². The number of rotatable bonds is 6. The van der Waals surface area contributed by atoms with Crippen LogP contribution in [0.25, 0.3) is 0 Å². The predicted octanol–water partition coefficient (Wildman–Crippen LogP) is 3.05. The third-order valence-electron chi connectivity index (χ3n) is 6.56. The average molecular weight is 431 g/mol. The third kappa shape index (κ3) is 3.21. The van der Waals surface area contributed by atoms with Crippen molar-refractivity contribution in [3.05, 3.63) is 71.8 Å². The van der Waals surface area contributed by atoms with Gasteiger partial charge in [-0.2, -0.15) is 0 Å². The fourth-order valence-corrected chi connectivity index (χ4v) is 5.00. The highest BCUT2D eigenvalue weighted by atomic mass is 16.5. The molecule has 2 aliphatic carbocycles. The molecule has 4 atom stereocenters. The van der Waals surface area contributed by atoms with Gasteiger partial charge in [-0.05, 0) is 54.7 Å². The van der Waals surface area contributed by atoms with E-state index in [1.807, 2.05) is 12.2 Å². The number of benzene rings is 2. The Labute approximate surface area is 184 Å². The van der Waals surface area contributed by atoms with Gasteiger partial charge >= 0.3 is 5.97 Å². The molecule has 1 saturated heterocycles. The highest BCUT2D eigenvalue weighted by molar-refractivity contribution is 6.22. The van der Waals surface area contributed by atoms with Crippen molar-refractivity contribution in [2.75, 3.05) is 18.6 Å². The van der Waals surface area contributed by atoms with Crippen molar-refractivity contribution >= 4 is 29.3 Å². The molecule has 1 saturated carbocycles. The molecule has 5 rings (SSSR count). The summed E-state index contributed by atoms with van der Waals surface area (Å²) in [5.74, 6) is -1.08. The largest absolute Gasteiger partial charge is 0.497 e. The summed E-state index contributed by atoms with van der Waals surface area (Å²) in [6.07, 6.45) is 4.97. The molecule has 7 nitrogen and oxygen atoms in total. The van der Waals surface area contributed by atoms with Gasteiger partial charge < -0.3 is 9.47 Å². The van der Waals surface area contributed by atoms with Crippen LogP contribution >= 0.6 is 0 Å². The Balaban J connectivity index is 1.24. The molecule has 0 N–H and O–H groups in total. The maximum atomic E-state index is 12.9. The maximum absolute atomic E-state index is 12.9. The lowest BCUT2D eigenvalue weighted by Crippen LogP contribution is -2.32. The van der Waals surface area contributed by atoms with E-state index < -0.39 is 12.6 Å². The molecule has 1 heterocycles. The lowest BCUT2D eigenvalue weighted by molar-refractivity contribution is -0.123. The van der Waals surface area contributed by atoms with Crippen molar-refractivity contribution < 1.29 is 28.7 Å². The molecular formula is C25H21NO6.